The number of hydrogen-bond acceptors (Lipinski definition) is 7. The maximum atomic E-state index is 12.8. The summed E-state index contributed by atoms with van der Waals surface area (Å²) in [6, 6.07) is 10.2. The molecule has 0 spiro atoms. The quantitative estimate of drug-likeness (QED) is 0.430. The standard InChI is InChI=1S/C25H35N3O6Si/c1-25(2,3)35(5,6)33-16-19-18(15-22(29)32-4)14-21(34-19)28-13-12-20(27-24(28)31)26-23(30)17-10-8-7-9-11-17/h7-13,18-19,21H,14-16H2,1-6H3,(H,26,27,30,31)/t18-,19-,21-/m1/s1. The number of amides is 1. The van der Waals surface area contributed by atoms with E-state index in [0.717, 1.165) is 0 Å². The minimum Gasteiger partial charge on any atom is -0.469 e. The maximum Gasteiger partial charge on any atom is 0.351 e. The third-order valence-electron chi connectivity index (χ3n) is 6.85. The number of benzene rings is 1. The van der Waals surface area contributed by atoms with Crippen molar-refractivity contribution < 1.29 is 23.5 Å². The number of rotatable bonds is 8. The molecule has 0 saturated carbocycles. The van der Waals surface area contributed by atoms with Crippen LogP contribution in [0.25, 0.3) is 0 Å². The van der Waals surface area contributed by atoms with Crippen molar-refractivity contribution in [3.05, 3.63) is 58.6 Å². The second kappa shape index (κ2) is 10.8. The maximum absolute atomic E-state index is 12.8. The van der Waals surface area contributed by atoms with Gasteiger partial charge in [0.25, 0.3) is 5.91 Å². The van der Waals surface area contributed by atoms with Gasteiger partial charge in [-0.15, -0.1) is 0 Å². The van der Waals surface area contributed by atoms with E-state index in [1.807, 2.05) is 6.07 Å². The predicted molar refractivity (Wildman–Crippen MR) is 135 cm³/mol. The molecule has 2 aromatic rings. The van der Waals surface area contributed by atoms with Gasteiger partial charge in [-0.3, -0.25) is 14.2 Å². The van der Waals surface area contributed by atoms with Crippen molar-refractivity contribution >= 4 is 26.0 Å². The monoisotopic (exact) mass is 501 g/mol. The zero-order valence-corrected chi connectivity index (χ0v) is 22.2. The Kier molecular flexibility index (Phi) is 8.29. The van der Waals surface area contributed by atoms with Crippen molar-refractivity contribution in [1.82, 2.24) is 9.55 Å². The molecule has 0 radical (unpaired) electrons. The van der Waals surface area contributed by atoms with Crippen LogP contribution in [0.5, 0.6) is 0 Å². The second-order valence-electron chi connectivity index (χ2n) is 10.3. The summed E-state index contributed by atoms with van der Waals surface area (Å²) >= 11 is 0. The Morgan fingerprint density at radius 3 is 2.49 bits per heavy atom. The molecule has 3 rings (SSSR count). The Labute approximate surface area is 206 Å². The van der Waals surface area contributed by atoms with Crippen molar-refractivity contribution in [2.75, 3.05) is 19.0 Å². The van der Waals surface area contributed by atoms with Crippen molar-refractivity contribution in [2.24, 2.45) is 5.92 Å². The highest BCUT2D eigenvalue weighted by atomic mass is 28.4. The van der Waals surface area contributed by atoms with E-state index in [0.29, 0.717) is 18.6 Å². The molecule has 1 fully saturated rings. The Balaban J connectivity index is 1.74. The molecule has 0 bridgehead atoms. The summed E-state index contributed by atoms with van der Waals surface area (Å²) in [5, 5.41) is 2.67. The number of nitrogens with one attached hydrogen (secondary N) is 1. The molecule has 1 aromatic heterocycles. The Morgan fingerprint density at radius 1 is 1.20 bits per heavy atom. The van der Waals surface area contributed by atoms with Crippen LogP contribution in [0, 0.1) is 5.92 Å². The van der Waals surface area contributed by atoms with Gasteiger partial charge in [0.05, 0.1) is 26.2 Å². The van der Waals surface area contributed by atoms with Crippen molar-refractivity contribution in [1.29, 1.82) is 0 Å². The molecular weight excluding hydrogens is 466 g/mol. The third kappa shape index (κ3) is 6.65. The molecule has 35 heavy (non-hydrogen) atoms. The van der Waals surface area contributed by atoms with Gasteiger partial charge in [0, 0.05) is 17.7 Å². The number of aromatic nitrogens is 2. The molecule has 3 atom stereocenters. The van der Waals surface area contributed by atoms with E-state index >= 15 is 0 Å². The van der Waals surface area contributed by atoms with Crippen LogP contribution in [0.2, 0.25) is 18.1 Å². The largest absolute Gasteiger partial charge is 0.469 e. The van der Waals surface area contributed by atoms with E-state index < -0.39 is 20.2 Å². The first kappa shape index (κ1) is 26.8. The van der Waals surface area contributed by atoms with Crippen LogP contribution in [0.15, 0.2) is 47.4 Å². The molecule has 1 N–H and O–H groups in total. The molecule has 2 heterocycles. The molecule has 0 aliphatic carbocycles. The van der Waals surface area contributed by atoms with E-state index in [1.165, 1.54) is 11.7 Å². The fourth-order valence-corrected chi connectivity index (χ4v) is 4.65. The van der Waals surface area contributed by atoms with Crippen LogP contribution in [0.3, 0.4) is 0 Å². The van der Waals surface area contributed by atoms with Crippen LogP contribution < -0.4 is 11.0 Å². The third-order valence-corrected chi connectivity index (χ3v) is 11.4. The summed E-state index contributed by atoms with van der Waals surface area (Å²) < 4.78 is 18.8. The SMILES string of the molecule is COC(=O)C[C@H]1C[C@H](n2ccc(NC(=O)c3ccccc3)nc2=O)O[C@@H]1CO[Si](C)(C)C(C)(C)C. The van der Waals surface area contributed by atoms with Crippen LogP contribution in [-0.2, 0) is 18.7 Å². The molecule has 1 aliphatic rings. The van der Waals surface area contributed by atoms with Gasteiger partial charge in [-0.25, -0.2) is 4.79 Å². The van der Waals surface area contributed by atoms with E-state index in [1.54, 1.807) is 36.5 Å². The number of carbonyl (C=O) groups is 2. The van der Waals surface area contributed by atoms with E-state index in [-0.39, 0.29) is 41.2 Å². The van der Waals surface area contributed by atoms with Crippen LogP contribution in [0.4, 0.5) is 5.82 Å². The number of anilines is 1. The van der Waals surface area contributed by atoms with Crippen molar-refractivity contribution in [2.45, 2.75) is 64.1 Å². The zero-order valence-electron chi connectivity index (χ0n) is 21.2. The van der Waals surface area contributed by atoms with Gasteiger partial charge in [-0.05, 0) is 42.8 Å². The zero-order chi connectivity index (χ0) is 25.8. The molecular formula is C25H35N3O6Si. The van der Waals surface area contributed by atoms with E-state index in [9.17, 15) is 14.4 Å². The first-order chi connectivity index (χ1) is 16.4. The average Bonchev–Trinajstić information content (AvgIpc) is 3.19. The van der Waals surface area contributed by atoms with Crippen LogP contribution in [0.1, 0.15) is 50.2 Å². The van der Waals surface area contributed by atoms with Crippen LogP contribution in [-0.4, -0.2) is 49.6 Å². The molecule has 10 heteroatoms. The lowest BCUT2D eigenvalue weighted by atomic mass is 9.97. The minimum atomic E-state index is -2.03. The molecule has 1 aromatic carbocycles. The van der Waals surface area contributed by atoms with Crippen molar-refractivity contribution in [3.8, 4) is 0 Å². The Morgan fingerprint density at radius 2 is 1.89 bits per heavy atom. The van der Waals surface area contributed by atoms with Gasteiger partial charge in [-0.1, -0.05) is 39.0 Å². The highest BCUT2D eigenvalue weighted by Gasteiger charge is 2.42. The molecule has 0 unspecified atom stereocenters. The molecule has 9 nitrogen and oxygen atoms in total. The normalized spacial score (nSPS) is 20.5. The fourth-order valence-electron chi connectivity index (χ4n) is 3.63. The van der Waals surface area contributed by atoms with Gasteiger partial charge < -0.3 is 19.2 Å². The summed E-state index contributed by atoms with van der Waals surface area (Å²) in [6.45, 7) is 11.1. The van der Waals surface area contributed by atoms with Gasteiger partial charge in [0.15, 0.2) is 8.32 Å². The Bertz CT molecular complexity index is 1100. The Hall–Kier alpha value is -2.82. The highest BCUT2D eigenvalue weighted by molar-refractivity contribution is 6.74. The van der Waals surface area contributed by atoms with E-state index in [2.05, 4.69) is 44.2 Å². The number of hydrogen-bond donors (Lipinski definition) is 1. The summed E-state index contributed by atoms with van der Waals surface area (Å²) in [4.78, 5) is 41.2. The summed E-state index contributed by atoms with van der Waals surface area (Å²) in [5.41, 5.74) is -0.0866. The molecule has 190 valence electrons. The summed E-state index contributed by atoms with van der Waals surface area (Å²) in [7, 11) is -0.676. The number of nitrogens with zero attached hydrogens (tertiary/aromatic N) is 2. The molecule has 1 aliphatic heterocycles. The minimum absolute atomic E-state index is 0.0315. The molecule has 1 amide bonds. The fraction of sp³-hybridized carbons (Fsp3) is 0.520. The molecule has 1 saturated heterocycles. The predicted octanol–water partition coefficient (Wildman–Crippen LogP) is 3.98. The number of ether oxygens (including phenoxy) is 2. The van der Waals surface area contributed by atoms with Crippen molar-refractivity contribution in [3.63, 3.8) is 0 Å². The second-order valence-corrected chi connectivity index (χ2v) is 15.1. The summed E-state index contributed by atoms with van der Waals surface area (Å²) in [6.07, 6.45) is 1.20. The summed E-state index contributed by atoms with van der Waals surface area (Å²) in [5.74, 6) is -0.696. The van der Waals surface area contributed by atoms with Gasteiger partial charge in [0.2, 0.25) is 0 Å². The number of esters is 1. The lowest BCUT2D eigenvalue weighted by molar-refractivity contribution is -0.142. The number of carbonyl (C=O) groups excluding carboxylic acids is 2. The lowest BCUT2D eigenvalue weighted by Gasteiger charge is -2.37. The lowest BCUT2D eigenvalue weighted by Crippen LogP contribution is -2.43. The van der Waals surface area contributed by atoms with E-state index in [4.69, 9.17) is 13.9 Å². The highest BCUT2D eigenvalue weighted by Crippen LogP contribution is 2.39. The first-order valence-electron chi connectivity index (χ1n) is 11.7. The topological polar surface area (TPSA) is 109 Å². The number of methoxy groups -OCH3 is 1. The smallest absolute Gasteiger partial charge is 0.351 e. The van der Waals surface area contributed by atoms with Gasteiger partial charge >= 0.3 is 11.7 Å². The van der Waals surface area contributed by atoms with Crippen LogP contribution >= 0.6 is 0 Å². The first-order valence-corrected chi connectivity index (χ1v) is 14.6. The average molecular weight is 502 g/mol. The van der Waals surface area contributed by atoms with Gasteiger partial charge in [-0.2, -0.15) is 4.98 Å². The van der Waals surface area contributed by atoms with Gasteiger partial charge in [0.1, 0.15) is 12.0 Å².